The Hall–Kier alpha value is -2.23. The number of amides is 1. The van der Waals surface area contributed by atoms with Crippen molar-refractivity contribution in [1.29, 1.82) is 0 Å². The third-order valence-electron chi connectivity index (χ3n) is 2.92. The lowest BCUT2D eigenvalue weighted by molar-refractivity contribution is 0.102. The third-order valence-corrected chi connectivity index (χ3v) is 2.92. The van der Waals surface area contributed by atoms with Crippen molar-refractivity contribution in [2.75, 3.05) is 5.32 Å². The quantitative estimate of drug-likeness (QED) is 0.897. The lowest BCUT2D eigenvalue weighted by Gasteiger charge is -2.11. The topological polar surface area (TPSA) is 54.9 Å². The van der Waals surface area contributed by atoms with E-state index in [2.05, 4.69) is 15.3 Å². The number of carbonyl (C=O) groups excluding carboxylic acids is 1. The fourth-order valence-corrected chi connectivity index (χ4v) is 2.02. The van der Waals surface area contributed by atoms with E-state index < -0.39 is 0 Å². The predicted molar refractivity (Wildman–Crippen MR) is 75.4 cm³/mol. The summed E-state index contributed by atoms with van der Waals surface area (Å²) in [5.41, 5.74) is 4.11. The summed E-state index contributed by atoms with van der Waals surface area (Å²) in [6.45, 7) is 7.57. The number of carbonyl (C=O) groups is 1. The SMILES string of the molecule is Cc1cc(C(=O)Nc2c(C)cccc2C)nc(C)n1. The molecule has 1 N–H and O–H groups in total. The number of aromatic nitrogens is 2. The van der Waals surface area contributed by atoms with Gasteiger partial charge in [0, 0.05) is 11.4 Å². The Morgan fingerprint density at radius 1 is 1.05 bits per heavy atom. The molecule has 98 valence electrons. The Bertz CT molecular complexity index is 595. The van der Waals surface area contributed by atoms with Crippen molar-refractivity contribution in [2.24, 2.45) is 0 Å². The van der Waals surface area contributed by atoms with E-state index in [1.54, 1.807) is 13.0 Å². The molecule has 0 aliphatic carbocycles. The van der Waals surface area contributed by atoms with Crippen molar-refractivity contribution in [2.45, 2.75) is 27.7 Å². The van der Waals surface area contributed by atoms with Gasteiger partial charge in [0.05, 0.1) is 0 Å². The third kappa shape index (κ3) is 2.96. The number of para-hydroxylation sites is 1. The average Bonchev–Trinajstić information content (AvgIpc) is 2.32. The highest BCUT2D eigenvalue weighted by molar-refractivity contribution is 6.03. The van der Waals surface area contributed by atoms with Gasteiger partial charge in [0.15, 0.2) is 0 Å². The van der Waals surface area contributed by atoms with Crippen molar-refractivity contribution in [1.82, 2.24) is 9.97 Å². The summed E-state index contributed by atoms with van der Waals surface area (Å²) in [6, 6.07) is 7.60. The van der Waals surface area contributed by atoms with Gasteiger partial charge in [-0.05, 0) is 44.9 Å². The normalized spacial score (nSPS) is 10.3. The predicted octanol–water partition coefficient (Wildman–Crippen LogP) is 2.96. The number of aryl methyl sites for hydroxylation is 4. The average molecular weight is 255 g/mol. The molecule has 1 heterocycles. The second-order valence-corrected chi connectivity index (χ2v) is 4.66. The number of nitrogens with zero attached hydrogens (tertiary/aromatic N) is 2. The molecule has 0 fully saturated rings. The maximum Gasteiger partial charge on any atom is 0.274 e. The maximum absolute atomic E-state index is 12.2. The van der Waals surface area contributed by atoms with Crippen LogP contribution in [0.2, 0.25) is 0 Å². The number of anilines is 1. The van der Waals surface area contributed by atoms with Crippen molar-refractivity contribution in [3.63, 3.8) is 0 Å². The summed E-state index contributed by atoms with van der Waals surface area (Å²) in [5.74, 6) is 0.401. The first-order chi connectivity index (χ1) is 8.97. The second-order valence-electron chi connectivity index (χ2n) is 4.66. The van der Waals surface area contributed by atoms with Crippen LogP contribution in [0.25, 0.3) is 0 Å². The van der Waals surface area contributed by atoms with Gasteiger partial charge >= 0.3 is 0 Å². The van der Waals surface area contributed by atoms with Crippen LogP contribution in [0.5, 0.6) is 0 Å². The second kappa shape index (κ2) is 5.18. The first kappa shape index (κ1) is 13.2. The number of hydrogen-bond acceptors (Lipinski definition) is 3. The number of hydrogen-bond donors (Lipinski definition) is 1. The summed E-state index contributed by atoms with van der Waals surface area (Å²) in [7, 11) is 0. The first-order valence-corrected chi connectivity index (χ1v) is 6.17. The zero-order chi connectivity index (χ0) is 14.0. The fraction of sp³-hybridized carbons (Fsp3) is 0.267. The van der Waals surface area contributed by atoms with Crippen LogP contribution in [0.1, 0.15) is 33.1 Å². The van der Waals surface area contributed by atoms with Crippen LogP contribution < -0.4 is 5.32 Å². The summed E-state index contributed by atoms with van der Waals surface area (Å²) in [5, 5.41) is 2.92. The van der Waals surface area contributed by atoms with E-state index in [0.29, 0.717) is 11.5 Å². The van der Waals surface area contributed by atoms with Crippen molar-refractivity contribution in [3.8, 4) is 0 Å². The minimum absolute atomic E-state index is 0.203. The summed E-state index contributed by atoms with van der Waals surface area (Å²) in [6.07, 6.45) is 0. The molecule has 1 aromatic heterocycles. The molecule has 4 nitrogen and oxygen atoms in total. The molecule has 2 rings (SSSR count). The van der Waals surface area contributed by atoms with Crippen LogP contribution in [0, 0.1) is 27.7 Å². The van der Waals surface area contributed by atoms with Crippen LogP contribution in [0.3, 0.4) is 0 Å². The lowest BCUT2D eigenvalue weighted by Crippen LogP contribution is -2.16. The largest absolute Gasteiger partial charge is 0.320 e. The lowest BCUT2D eigenvalue weighted by atomic mass is 10.1. The first-order valence-electron chi connectivity index (χ1n) is 6.17. The maximum atomic E-state index is 12.2. The fourth-order valence-electron chi connectivity index (χ4n) is 2.02. The zero-order valence-electron chi connectivity index (χ0n) is 11.6. The van der Waals surface area contributed by atoms with E-state index in [9.17, 15) is 4.79 Å². The molecular formula is C15H17N3O. The van der Waals surface area contributed by atoms with E-state index in [1.165, 1.54) is 0 Å². The number of benzene rings is 1. The molecule has 0 unspecified atom stereocenters. The molecule has 19 heavy (non-hydrogen) atoms. The molecule has 4 heteroatoms. The summed E-state index contributed by atoms with van der Waals surface area (Å²) in [4.78, 5) is 20.6. The van der Waals surface area contributed by atoms with Gasteiger partial charge in [-0.2, -0.15) is 0 Å². The molecule has 0 radical (unpaired) electrons. The minimum Gasteiger partial charge on any atom is -0.320 e. The zero-order valence-corrected chi connectivity index (χ0v) is 11.6. The Kier molecular flexibility index (Phi) is 3.60. The van der Waals surface area contributed by atoms with E-state index >= 15 is 0 Å². The van der Waals surface area contributed by atoms with Gasteiger partial charge < -0.3 is 5.32 Å². The van der Waals surface area contributed by atoms with E-state index in [4.69, 9.17) is 0 Å². The Morgan fingerprint density at radius 3 is 2.26 bits per heavy atom. The van der Waals surface area contributed by atoms with Gasteiger partial charge in [-0.15, -0.1) is 0 Å². The highest BCUT2D eigenvalue weighted by atomic mass is 16.1. The molecular weight excluding hydrogens is 238 g/mol. The van der Waals surface area contributed by atoms with Gasteiger partial charge in [-0.3, -0.25) is 4.79 Å². The molecule has 1 amide bonds. The number of rotatable bonds is 2. The van der Waals surface area contributed by atoms with E-state index in [-0.39, 0.29) is 5.91 Å². The monoisotopic (exact) mass is 255 g/mol. The van der Waals surface area contributed by atoms with Crippen LogP contribution in [-0.2, 0) is 0 Å². The smallest absolute Gasteiger partial charge is 0.274 e. The highest BCUT2D eigenvalue weighted by Crippen LogP contribution is 2.20. The van der Waals surface area contributed by atoms with Crippen molar-refractivity contribution in [3.05, 3.63) is 52.6 Å². The number of nitrogens with one attached hydrogen (secondary N) is 1. The van der Waals surface area contributed by atoms with Gasteiger partial charge in [0.25, 0.3) is 5.91 Å². The molecule has 0 saturated heterocycles. The standard InChI is InChI=1S/C15H17N3O/c1-9-6-5-7-10(2)14(9)18-15(19)13-8-11(3)16-12(4)17-13/h5-8H,1-4H3,(H,18,19). The van der Waals surface area contributed by atoms with Gasteiger partial charge in [0.2, 0.25) is 0 Å². The molecule has 0 spiro atoms. The molecule has 1 aromatic carbocycles. The molecule has 2 aromatic rings. The van der Waals surface area contributed by atoms with Crippen LogP contribution in [0.4, 0.5) is 5.69 Å². The minimum atomic E-state index is -0.203. The van der Waals surface area contributed by atoms with E-state index in [0.717, 1.165) is 22.5 Å². The van der Waals surface area contributed by atoms with Crippen LogP contribution in [-0.4, -0.2) is 15.9 Å². The highest BCUT2D eigenvalue weighted by Gasteiger charge is 2.12. The van der Waals surface area contributed by atoms with Gasteiger partial charge in [-0.1, -0.05) is 18.2 Å². The molecule has 0 saturated carbocycles. The summed E-state index contributed by atoms with van der Waals surface area (Å²) >= 11 is 0. The van der Waals surface area contributed by atoms with Crippen LogP contribution >= 0.6 is 0 Å². The summed E-state index contributed by atoms with van der Waals surface area (Å²) < 4.78 is 0. The Balaban J connectivity index is 2.31. The molecule has 0 aliphatic heterocycles. The van der Waals surface area contributed by atoms with Crippen LogP contribution in [0.15, 0.2) is 24.3 Å². The van der Waals surface area contributed by atoms with Gasteiger partial charge in [0.1, 0.15) is 11.5 Å². The molecule has 0 bridgehead atoms. The van der Waals surface area contributed by atoms with Crippen molar-refractivity contribution < 1.29 is 4.79 Å². The molecule has 0 atom stereocenters. The van der Waals surface area contributed by atoms with Gasteiger partial charge in [-0.25, -0.2) is 9.97 Å². The Morgan fingerprint density at radius 2 is 1.68 bits per heavy atom. The van der Waals surface area contributed by atoms with Crippen molar-refractivity contribution >= 4 is 11.6 Å². The van der Waals surface area contributed by atoms with E-state index in [1.807, 2.05) is 39.0 Å². The molecule has 0 aliphatic rings. The Labute approximate surface area is 112 Å².